The van der Waals surface area contributed by atoms with E-state index >= 15 is 0 Å². The maximum Gasteiger partial charge on any atom is 0.355 e. The molecule has 0 aliphatic heterocycles. The first-order valence-corrected chi connectivity index (χ1v) is 8.30. The summed E-state index contributed by atoms with van der Waals surface area (Å²) in [7, 11) is 0. The van der Waals surface area contributed by atoms with Crippen LogP contribution in [-0.2, 0) is 9.59 Å². The minimum absolute atomic E-state index is 0.149. The Morgan fingerprint density at radius 2 is 1.04 bits per heavy atom. The number of hydrazone groups is 2. The van der Waals surface area contributed by atoms with Gasteiger partial charge in [0.25, 0.3) is 0 Å². The second-order valence-corrected chi connectivity index (χ2v) is 5.68. The van der Waals surface area contributed by atoms with Gasteiger partial charge in [0.1, 0.15) is 0 Å². The third-order valence-corrected chi connectivity index (χ3v) is 3.22. The Kier molecular flexibility index (Phi) is 7.41. The van der Waals surface area contributed by atoms with Crippen molar-refractivity contribution >= 4 is 41.6 Å². The molecule has 0 aliphatic rings. The fraction of sp³-hybridized carbons (Fsp3) is 0.105. The van der Waals surface area contributed by atoms with Crippen molar-refractivity contribution in [2.45, 2.75) is 13.8 Å². The summed E-state index contributed by atoms with van der Waals surface area (Å²) in [6, 6.07) is 13.3. The van der Waals surface area contributed by atoms with Crippen LogP contribution in [0.4, 0.5) is 16.2 Å². The zero-order valence-electron chi connectivity index (χ0n) is 15.4. The Hall–Kier alpha value is -4.01. The van der Waals surface area contributed by atoms with Crippen LogP contribution < -0.4 is 21.5 Å². The van der Waals surface area contributed by atoms with Crippen molar-refractivity contribution in [3.05, 3.63) is 59.7 Å². The molecule has 0 fully saturated rings. The van der Waals surface area contributed by atoms with Crippen molar-refractivity contribution < 1.29 is 14.4 Å². The fourth-order valence-corrected chi connectivity index (χ4v) is 2.07. The number of urea groups is 1. The molecule has 0 atom stereocenters. The molecule has 0 bridgehead atoms. The number of hydrogen-bond donors (Lipinski definition) is 4. The zero-order chi connectivity index (χ0) is 20.4. The molecule has 0 spiro atoms. The summed E-state index contributed by atoms with van der Waals surface area (Å²) in [5.74, 6) is -0.298. The second kappa shape index (κ2) is 10.2. The van der Waals surface area contributed by atoms with E-state index in [0.717, 1.165) is 11.1 Å². The Balaban J connectivity index is 1.77. The molecule has 28 heavy (non-hydrogen) atoms. The number of nitrogens with one attached hydrogen (secondary N) is 4. The monoisotopic (exact) mass is 380 g/mol. The molecule has 4 N–H and O–H groups in total. The molecular weight excluding hydrogens is 360 g/mol. The van der Waals surface area contributed by atoms with E-state index in [1.54, 1.807) is 48.5 Å². The molecular formula is C19H20N6O3. The number of carbonyl (C=O) groups excluding carboxylic acids is 3. The zero-order valence-corrected chi connectivity index (χ0v) is 15.4. The van der Waals surface area contributed by atoms with Gasteiger partial charge in [0, 0.05) is 25.2 Å². The summed E-state index contributed by atoms with van der Waals surface area (Å²) in [6.07, 6.45) is 2.92. The smallest absolute Gasteiger partial charge is 0.326 e. The van der Waals surface area contributed by atoms with Gasteiger partial charge < -0.3 is 10.6 Å². The van der Waals surface area contributed by atoms with E-state index < -0.39 is 6.03 Å². The highest BCUT2D eigenvalue weighted by Gasteiger charge is 1.97. The molecule has 2 rings (SSSR count). The van der Waals surface area contributed by atoms with E-state index in [1.165, 1.54) is 26.3 Å². The van der Waals surface area contributed by atoms with Gasteiger partial charge >= 0.3 is 6.03 Å². The largest absolute Gasteiger partial charge is 0.355 e. The van der Waals surface area contributed by atoms with Crippen LogP contribution in [0.1, 0.15) is 25.0 Å². The number of benzene rings is 2. The average Bonchev–Trinajstić information content (AvgIpc) is 2.64. The molecule has 0 radical (unpaired) electrons. The molecule has 9 nitrogen and oxygen atoms in total. The van der Waals surface area contributed by atoms with Gasteiger partial charge in [-0.1, -0.05) is 24.3 Å². The molecule has 0 unspecified atom stereocenters. The molecule has 0 saturated heterocycles. The predicted molar refractivity (Wildman–Crippen MR) is 108 cm³/mol. The second-order valence-electron chi connectivity index (χ2n) is 5.68. The fourth-order valence-electron chi connectivity index (χ4n) is 2.07. The summed E-state index contributed by atoms with van der Waals surface area (Å²) >= 11 is 0. The highest BCUT2D eigenvalue weighted by Crippen LogP contribution is 2.08. The molecule has 0 heterocycles. The van der Waals surface area contributed by atoms with Gasteiger partial charge in [-0.05, 0) is 35.4 Å². The number of hydrogen-bond acceptors (Lipinski definition) is 5. The lowest BCUT2D eigenvalue weighted by Gasteiger charge is -2.02. The summed E-state index contributed by atoms with van der Waals surface area (Å²) in [5, 5.41) is 12.9. The van der Waals surface area contributed by atoms with Gasteiger partial charge in [-0.2, -0.15) is 10.2 Å². The van der Waals surface area contributed by atoms with E-state index in [-0.39, 0.29) is 11.8 Å². The van der Waals surface area contributed by atoms with Crippen molar-refractivity contribution in [2.75, 3.05) is 10.6 Å². The van der Waals surface area contributed by atoms with Crippen molar-refractivity contribution in [1.82, 2.24) is 10.9 Å². The first kappa shape index (κ1) is 20.3. The van der Waals surface area contributed by atoms with Crippen LogP contribution in [0.25, 0.3) is 0 Å². The molecule has 0 aromatic heterocycles. The number of rotatable bonds is 6. The SMILES string of the molecule is CC(=O)Nc1ccc(/C=N\NC(=O)N/N=C/c2ccc(NC(C)=O)cc2)cc1. The third-order valence-electron chi connectivity index (χ3n) is 3.22. The lowest BCUT2D eigenvalue weighted by Crippen LogP contribution is -2.28. The van der Waals surface area contributed by atoms with Crippen LogP contribution in [-0.4, -0.2) is 30.3 Å². The molecule has 2 aromatic rings. The maximum atomic E-state index is 11.6. The van der Waals surface area contributed by atoms with Crippen molar-refractivity contribution in [3.8, 4) is 0 Å². The maximum absolute atomic E-state index is 11.6. The number of nitrogens with zero attached hydrogens (tertiary/aromatic N) is 2. The molecule has 0 aliphatic carbocycles. The summed E-state index contributed by atoms with van der Waals surface area (Å²) < 4.78 is 0. The van der Waals surface area contributed by atoms with Crippen LogP contribution in [0.3, 0.4) is 0 Å². The number of carbonyl (C=O) groups is 3. The van der Waals surface area contributed by atoms with Gasteiger partial charge in [0.05, 0.1) is 12.4 Å². The first-order chi connectivity index (χ1) is 13.4. The van der Waals surface area contributed by atoms with Crippen molar-refractivity contribution in [2.24, 2.45) is 10.2 Å². The van der Waals surface area contributed by atoms with Gasteiger partial charge in [-0.25, -0.2) is 15.6 Å². The lowest BCUT2D eigenvalue weighted by atomic mass is 10.2. The Morgan fingerprint density at radius 3 is 1.36 bits per heavy atom. The van der Waals surface area contributed by atoms with Gasteiger partial charge in [-0.3, -0.25) is 9.59 Å². The van der Waals surface area contributed by atoms with E-state index in [4.69, 9.17) is 0 Å². The minimum atomic E-state index is -0.600. The highest BCUT2D eigenvalue weighted by molar-refractivity contribution is 5.90. The summed E-state index contributed by atoms with van der Waals surface area (Å²) in [5.41, 5.74) is 7.41. The first-order valence-electron chi connectivity index (χ1n) is 8.30. The van der Waals surface area contributed by atoms with E-state index in [9.17, 15) is 14.4 Å². The van der Waals surface area contributed by atoms with E-state index in [0.29, 0.717) is 11.4 Å². The van der Waals surface area contributed by atoms with Crippen LogP contribution in [0, 0.1) is 0 Å². The summed E-state index contributed by atoms with van der Waals surface area (Å²) in [6.45, 7) is 2.86. The van der Waals surface area contributed by atoms with Crippen LogP contribution in [0.15, 0.2) is 58.7 Å². The molecule has 9 heteroatoms. The molecule has 0 saturated carbocycles. The Labute approximate surface area is 161 Å². The molecule has 144 valence electrons. The number of anilines is 2. The lowest BCUT2D eigenvalue weighted by molar-refractivity contribution is -0.115. The van der Waals surface area contributed by atoms with E-state index in [1.807, 2.05) is 0 Å². The van der Waals surface area contributed by atoms with Crippen molar-refractivity contribution in [1.29, 1.82) is 0 Å². The third kappa shape index (κ3) is 7.48. The van der Waals surface area contributed by atoms with E-state index in [2.05, 4.69) is 31.7 Å². The van der Waals surface area contributed by atoms with Gasteiger partial charge in [-0.15, -0.1) is 0 Å². The Bertz CT molecular complexity index is 815. The molecule has 4 amide bonds. The van der Waals surface area contributed by atoms with Gasteiger partial charge in [0.2, 0.25) is 11.8 Å². The van der Waals surface area contributed by atoms with Crippen LogP contribution >= 0.6 is 0 Å². The normalized spacial score (nSPS) is 10.6. The highest BCUT2D eigenvalue weighted by atomic mass is 16.2. The van der Waals surface area contributed by atoms with Crippen LogP contribution in [0.5, 0.6) is 0 Å². The van der Waals surface area contributed by atoms with Gasteiger partial charge in [0.15, 0.2) is 0 Å². The quantitative estimate of drug-likeness (QED) is 0.454. The van der Waals surface area contributed by atoms with Crippen molar-refractivity contribution in [3.63, 3.8) is 0 Å². The Morgan fingerprint density at radius 1 is 0.679 bits per heavy atom. The van der Waals surface area contributed by atoms with Crippen LogP contribution in [0.2, 0.25) is 0 Å². The summed E-state index contributed by atoms with van der Waals surface area (Å²) in [4.78, 5) is 33.5. The predicted octanol–water partition coefficient (Wildman–Crippen LogP) is 2.27. The molecule has 2 aromatic carbocycles. The standard InChI is InChI=1S/C19H20N6O3/c1-13(26)22-17-7-3-15(4-8-17)11-20-24-19(28)25-21-12-16-5-9-18(10-6-16)23-14(2)27/h3-12H,1-2H3,(H,22,26)(H,23,27)(H2,24,25,28)/b20-11-,21-12+. The minimum Gasteiger partial charge on any atom is -0.326 e. The average molecular weight is 380 g/mol. The topological polar surface area (TPSA) is 124 Å². The number of amides is 4.